The number of hydrazine groups is 1. The lowest BCUT2D eigenvalue weighted by Gasteiger charge is -2.29. The van der Waals surface area contributed by atoms with Crippen LogP contribution in [0.2, 0.25) is 0 Å². The Morgan fingerprint density at radius 1 is 0.610 bits per heavy atom. The Labute approximate surface area is 238 Å². The van der Waals surface area contributed by atoms with Crippen molar-refractivity contribution >= 4 is 49.3 Å². The van der Waals surface area contributed by atoms with E-state index in [0.717, 1.165) is 12.1 Å². The monoisotopic (exact) mass is 530 g/mol. The summed E-state index contributed by atoms with van der Waals surface area (Å²) in [6.45, 7) is 2.29. The molecular weight excluding hydrogens is 500 g/mol. The third-order valence-corrected chi connectivity index (χ3v) is 9.41. The van der Waals surface area contributed by atoms with Crippen LogP contribution in [0.3, 0.4) is 0 Å². The molecule has 3 unspecified atom stereocenters. The number of para-hydroxylation sites is 3. The molecule has 5 aromatic carbocycles. The van der Waals surface area contributed by atoms with Crippen LogP contribution < -0.4 is 10.9 Å². The highest BCUT2D eigenvalue weighted by molar-refractivity contribution is 6.20. The molecule has 3 atom stereocenters. The van der Waals surface area contributed by atoms with Crippen molar-refractivity contribution in [1.82, 2.24) is 9.13 Å². The minimum Gasteiger partial charge on any atom is -0.309 e. The number of nitrogens with two attached hydrogens (primary N) is 1. The van der Waals surface area contributed by atoms with Gasteiger partial charge in [0.05, 0.1) is 33.8 Å². The normalized spacial score (nSPS) is 20.0. The Bertz CT molecular complexity index is 2170. The molecule has 2 aliphatic rings. The lowest BCUT2D eigenvalue weighted by Crippen LogP contribution is -2.41. The topological polar surface area (TPSA) is 39.1 Å². The number of hydrogen-bond acceptors (Lipinski definition) is 2. The quantitative estimate of drug-likeness (QED) is 0.179. The maximum Gasteiger partial charge on any atom is 0.0567 e. The van der Waals surface area contributed by atoms with E-state index < -0.39 is 0 Å². The molecule has 9 rings (SSSR count). The molecule has 0 fully saturated rings. The molecule has 3 heterocycles. The average Bonchev–Trinajstić information content (AvgIpc) is 3.62. The molecular formula is C37H30N4. The van der Waals surface area contributed by atoms with E-state index in [1.165, 1.54) is 60.5 Å². The summed E-state index contributed by atoms with van der Waals surface area (Å²) in [5.41, 5.74) is 9.74. The summed E-state index contributed by atoms with van der Waals surface area (Å²) < 4.78 is 4.85. The maximum absolute atomic E-state index is 6.84. The average molecular weight is 531 g/mol. The Balaban J connectivity index is 1.47. The highest BCUT2D eigenvalue weighted by Crippen LogP contribution is 2.51. The Hall–Kier alpha value is -4.80. The van der Waals surface area contributed by atoms with Gasteiger partial charge in [-0.3, -0.25) is 0 Å². The minimum absolute atomic E-state index is 0.283. The largest absolute Gasteiger partial charge is 0.309 e. The van der Waals surface area contributed by atoms with Crippen LogP contribution in [0.25, 0.3) is 55.0 Å². The summed E-state index contributed by atoms with van der Waals surface area (Å²) in [6.07, 6.45) is 5.86. The van der Waals surface area contributed by atoms with E-state index in [9.17, 15) is 0 Å². The minimum atomic E-state index is 0.283. The molecule has 2 aromatic heterocycles. The first-order valence-electron chi connectivity index (χ1n) is 14.6. The third kappa shape index (κ3) is 3.08. The molecule has 0 spiro atoms. The van der Waals surface area contributed by atoms with Gasteiger partial charge in [-0.15, -0.1) is 0 Å². The summed E-state index contributed by atoms with van der Waals surface area (Å²) in [5, 5.41) is 7.19. The molecule has 0 radical (unpaired) electrons. The number of aromatic nitrogens is 2. The molecule has 198 valence electrons. The summed E-state index contributed by atoms with van der Waals surface area (Å²) in [4.78, 5) is 0. The molecule has 0 saturated carbocycles. The fraction of sp³-hybridized carbons (Fsp3) is 0.135. The van der Waals surface area contributed by atoms with Gasteiger partial charge in [0, 0.05) is 38.8 Å². The summed E-state index contributed by atoms with van der Waals surface area (Å²) in [5.74, 6) is 7.65. The lowest BCUT2D eigenvalue weighted by atomic mass is 9.82. The van der Waals surface area contributed by atoms with Gasteiger partial charge in [-0.2, -0.15) is 0 Å². The van der Waals surface area contributed by atoms with Crippen molar-refractivity contribution in [2.24, 2.45) is 11.8 Å². The molecule has 0 amide bonds. The second-order valence-electron chi connectivity index (χ2n) is 11.7. The smallest absolute Gasteiger partial charge is 0.0567 e. The van der Waals surface area contributed by atoms with E-state index in [0.29, 0.717) is 5.92 Å². The van der Waals surface area contributed by atoms with E-state index in [2.05, 4.69) is 137 Å². The van der Waals surface area contributed by atoms with Gasteiger partial charge in [0.1, 0.15) is 0 Å². The zero-order chi connectivity index (χ0) is 27.2. The standard InChI is InChI=1S/C37H30N4/c1-23-16-17-27-35(20-23)41(38)32-19-18-31-37(36(27)32)29-21-28-26-14-8-9-15-30(26)39(24-10-4-2-5-11-24)33(28)22-34(29)40(31)25-12-6-3-7-13-25/h2-19,21-23,27,35H,20,38H2,1H3. The summed E-state index contributed by atoms with van der Waals surface area (Å²) in [7, 11) is 0. The van der Waals surface area contributed by atoms with Gasteiger partial charge in [-0.1, -0.05) is 73.7 Å². The van der Waals surface area contributed by atoms with Gasteiger partial charge in [0.15, 0.2) is 0 Å². The molecule has 4 heteroatoms. The summed E-state index contributed by atoms with van der Waals surface area (Å²) in [6, 6.07) is 39.9. The van der Waals surface area contributed by atoms with Gasteiger partial charge in [0.2, 0.25) is 0 Å². The fourth-order valence-corrected chi connectivity index (χ4v) is 7.66. The number of hydrogen-bond donors (Lipinski definition) is 1. The van der Waals surface area contributed by atoms with Gasteiger partial charge < -0.3 is 14.1 Å². The van der Waals surface area contributed by atoms with Crippen molar-refractivity contribution in [3.05, 3.63) is 127 Å². The van der Waals surface area contributed by atoms with Crippen LogP contribution in [-0.2, 0) is 0 Å². The second kappa shape index (κ2) is 8.35. The first-order chi connectivity index (χ1) is 20.2. The summed E-state index contributed by atoms with van der Waals surface area (Å²) >= 11 is 0. The lowest BCUT2D eigenvalue weighted by molar-refractivity contribution is 0.465. The third-order valence-electron chi connectivity index (χ3n) is 9.41. The zero-order valence-electron chi connectivity index (χ0n) is 22.9. The van der Waals surface area contributed by atoms with E-state index in [1.54, 1.807) is 0 Å². The molecule has 7 aromatic rings. The number of nitrogens with zero attached hydrogens (tertiary/aromatic N) is 3. The van der Waals surface area contributed by atoms with Crippen LogP contribution in [-0.4, -0.2) is 15.2 Å². The van der Waals surface area contributed by atoms with Gasteiger partial charge in [-0.25, -0.2) is 5.84 Å². The van der Waals surface area contributed by atoms with Crippen LogP contribution in [0.5, 0.6) is 0 Å². The van der Waals surface area contributed by atoms with Crippen LogP contribution >= 0.6 is 0 Å². The van der Waals surface area contributed by atoms with Crippen LogP contribution in [0, 0.1) is 5.92 Å². The number of fused-ring (bicyclic) bond motifs is 10. The Morgan fingerprint density at radius 2 is 1.27 bits per heavy atom. The highest BCUT2D eigenvalue weighted by atomic mass is 15.4. The molecule has 41 heavy (non-hydrogen) atoms. The number of allylic oxidation sites excluding steroid dienone is 1. The van der Waals surface area contributed by atoms with Crippen molar-refractivity contribution in [2.45, 2.75) is 25.3 Å². The molecule has 0 bridgehead atoms. The molecule has 1 aliphatic carbocycles. The van der Waals surface area contributed by atoms with Crippen molar-refractivity contribution in [3.8, 4) is 11.4 Å². The maximum atomic E-state index is 6.84. The predicted octanol–water partition coefficient (Wildman–Crippen LogP) is 8.62. The van der Waals surface area contributed by atoms with Crippen molar-refractivity contribution in [1.29, 1.82) is 0 Å². The van der Waals surface area contributed by atoms with Gasteiger partial charge in [-0.05, 0) is 72.5 Å². The van der Waals surface area contributed by atoms with Crippen LogP contribution in [0.1, 0.15) is 24.8 Å². The number of benzene rings is 5. The second-order valence-corrected chi connectivity index (χ2v) is 11.7. The molecule has 2 N–H and O–H groups in total. The first kappa shape index (κ1) is 23.0. The van der Waals surface area contributed by atoms with Crippen LogP contribution in [0.4, 0.5) is 5.69 Å². The van der Waals surface area contributed by atoms with Crippen molar-refractivity contribution < 1.29 is 0 Å². The van der Waals surface area contributed by atoms with E-state index in [1.807, 2.05) is 5.01 Å². The Kier molecular flexibility index (Phi) is 4.68. The van der Waals surface area contributed by atoms with Gasteiger partial charge in [0.25, 0.3) is 0 Å². The van der Waals surface area contributed by atoms with Crippen LogP contribution in [0.15, 0.2) is 121 Å². The van der Waals surface area contributed by atoms with Crippen molar-refractivity contribution in [2.75, 3.05) is 5.01 Å². The number of anilines is 1. The first-order valence-corrected chi connectivity index (χ1v) is 14.6. The van der Waals surface area contributed by atoms with E-state index in [4.69, 9.17) is 5.84 Å². The molecule has 4 nitrogen and oxygen atoms in total. The predicted molar refractivity (Wildman–Crippen MR) is 171 cm³/mol. The van der Waals surface area contributed by atoms with Crippen molar-refractivity contribution in [3.63, 3.8) is 0 Å². The van der Waals surface area contributed by atoms with Gasteiger partial charge >= 0.3 is 0 Å². The molecule has 0 saturated heterocycles. The van der Waals surface area contributed by atoms with E-state index >= 15 is 0 Å². The number of rotatable bonds is 2. The molecule has 1 aliphatic heterocycles. The fourth-order valence-electron chi connectivity index (χ4n) is 7.66. The van der Waals surface area contributed by atoms with E-state index in [-0.39, 0.29) is 12.0 Å². The SMILES string of the molecule is CC1C=CC2c3c(ccc4c3c3cc5c6ccccc6n(-c6ccccc6)c5cc3n4-c3ccccc3)N(N)C2C1. The zero-order valence-corrected chi connectivity index (χ0v) is 22.9. The highest BCUT2D eigenvalue weighted by Gasteiger charge is 2.40. The Morgan fingerprint density at radius 3 is 2.02 bits per heavy atom.